The van der Waals surface area contributed by atoms with E-state index in [-0.39, 0.29) is 11.4 Å². The number of piperidine rings is 1. The molecule has 2 rings (SSSR count). The molecular formula is C14H19N5O2. The second kappa shape index (κ2) is 6.99. The number of anilines is 1. The Morgan fingerprint density at radius 2 is 2.24 bits per heavy atom. The number of pyridine rings is 1. The molecule has 1 fully saturated rings. The molecule has 0 saturated carbocycles. The standard InChI is InChI=1S/C14H19N5O2/c1-11-4-7-18(8-5-11)9-6-16-14-3-2-13(19(20)21)12(10-15)17-14/h2-3,11H,4-9H2,1H3,(H,16,17). The van der Waals surface area contributed by atoms with Crippen molar-refractivity contribution in [3.63, 3.8) is 0 Å². The van der Waals surface area contributed by atoms with Gasteiger partial charge in [-0.05, 0) is 37.9 Å². The van der Waals surface area contributed by atoms with Gasteiger partial charge in [0.25, 0.3) is 0 Å². The van der Waals surface area contributed by atoms with Gasteiger partial charge in [-0.15, -0.1) is 0 Å². The highest BCUT2D eigenvalue weighted by Gasteiger charge is 2.16. The van der Waals surface area contributed by atoms with Crippen LogP contribution < -0.4 is 5.32 Å². The third kappa shape index (κ3) is 4.13. The van der Waals surface area contributed by atoms with Gasteiger partial charge in [0.05, 0.1) is 4.92 Å². The van der Waals surface area contributed by atoms with Crippen molar-refractivity contribution in [2.45, 2.75) is 19.8 Å². The number of likely N-dealkylation sites (tertiary alicyclic amines) is 1. The van der Waals surface area contributed by atoms with Crippen molar-refractivity contribution in [1.29, 1.82) is 5.26 Å². The molecule has 7 nitrogen and oxygen atoms in total. The van der Waals surface area contributed by atoms with Crippen LogP contribution in [0.1, 0.15) is 25.5 Å². The predicted octanol–water partition coefficient (Wildman–Crippen LogP) is 2.01. The van der Waals surface area contributed by atoms with Gasteiger partial charge in [-0.2, -0.15) is 5.26 Å². The van der Waals surface area contributed by atoms with Gasteiger partial charge in [0.2, 0.25) is 5.69 Å². The van der Waals surface area contributed by atoms with Crippen LogP contribution >= 0.6 is 0 Å². The SMILES string of the molecule is CC1CCN(CCNc2ccc([N+](=O)[O-])c(C#N)n2)CC1. The van der Waals surface area contributed by atoms with Crippen molar-refractivity contribution >= 4 is 11.5 Å². The summed E-state index contributed by atoms with van der Waals surface area (Å²) in [6, 6.07) is 4.61. The zero-order valence-corrected chi connectivity index (χ0v) is 12.1. The summed E-state index contributed by atoms with van der Waals surface area (Å²) in [7, 11) is 0. The van der Waals surface area contributed by atoms with Gasteiger partial charge in [0.1, 0.15) is 11.9 Å². The first-order valence-electron chi connectivity index (χ1n) is 7.12. The average Bonchev–Trinajstić information content (AvgIpc) is 2.49. The van der Waals surface area contributed by atoms with Crippen LogP contribution in [0.3, 0.4) is 0 Å². The van der Waals surface area contributed by atoms with Crippen molar-refractivity contribution in [1.82, 2.24) is 9.88 Å². The van der Waals surface area contributed by atoms with Gasteiger partial charge >= 0.3 is 5.69 Å². The van der Waals surface area contributed by atoms with E-state index in [0.717, 1.165) is 25.6 Å². The van der Waals surface area contributed by atoms with Crippen molar-refractivity contribution in [3.05, 3.63) is 27.9 Å². The number of nitriles is 1. The van der Waals surface area contributed by atoms with E-state index in [2.05, 4.69) is 22.1 Å². The second-order valence-corrected chi connectivity index (χ2v) is 5.38. The lowest BCUT2D eigenvalue weighted by molar-refractivity contribution is -0.385. The molecule has 1 saturated heterocycles. The molecule has 0 radical (unpaired) electrons. The summed E-state index contributed by atoms with van der Waals surface area (Å²) in [6.07, 6.45) is 2.46. The number of nitro groups is 1. The Kier molecular flexibility index (Phi) is 5.06. The first-order chi connectivity index (χ1) is 10.1. The van der Waals surface area contributed by atoms with Crippen LogP contribution in [-0.2, 0) is 0 Å². The van der Waals surface area contributed by atoms with Crippen molar-refractivity contribution in [2.24, 2.45) is 5.92 Å². The van der Waals surface area contributed by atoms with E-state index in [1.54, 1.807) is 6.07 Å². The second-order valence-electron chi connectivity index (χ2n) is 5.38. The molecule has 0 spiro atoms. The summed E-state index contributed by atoms with van der Waals surface area (Å²) in [4.78, 5) is 16.5. The van der Waals surface area contributed by atoms with Crippen molar-refractivity contribution in [2.75, 3.05) is 31.5 Å². The monoisotopic (exact) mass is 289 g/mol. The van der Waals surface area contributed by atoms with E-state index in [9.17, 15) is 10.1 Å². The minimum atomic E-state index is -0.593. The molecule has 0 amide bonds. The fourth-order valence-corrected chi connectivity index (χ4v) is 2.41. The number of rotatable bonds is 5. The minimum absolute atomic E-state index is 0.156. The van der Waals surface area contributed by atoms with Gasteiger partial charge in [0, 0.05) is 19.2 Å². The molecule has 1 aliphatic heterocycles. The zero-order chi connectivity index (χ0) is 15.2. The zero-order valence-electron chi connectivity index (χ0n) is 12.1. The topological polar surface area (TPSA) is 95.1 Å². The van der Waals surface area contributed by atoms with Crippen molar-refractivity contribution < 1.29 is 4.92 Å². The fourth-order valence-electron chi connectivity index (χ4n) is 2.41. The van der Waals surface area contributed by atoms with E-state index >= 15 is 0 Å². The summed E-state index contributed by atoms with van der Waals surface area (Å²) in [5.74, 6) is 1.31. The van der Waals surface area contributed by atoms with Gasteiger partial charge in [-0.25, -0.2) is 4.98 Å². The molecule has 1 aliphatic rings. The Bertz CT molecular complexity index is 547. The molecule has 2 heterocycles. The lowest BCUT2D eigenvalue weighted by Crippen LogP contribution is -2.36. The molecule has 112 valence electrons. The van der Waals surface area contributed by atoms with Gasteiger partial charge in [-0.3, -0.25) is 10.1 Å². The van der Waals surface area contributed by atoms with Crippen LogP contribution in [-0.4, -0.2) is 41.0 Å². The molecular weight excluding hydrogens is 270 g/mol. The largest absolute Gasteiger partial charge is 0.369 e. The molecule has 0 atom stereocenters. The molecule has 0 bridgehead atoms. The lowest BCUT2D eigenvalue weighted by Gasteiger charge is -2.30. The first-order valence-corrected chi connectivity index (χ1v) is 7.12. The Morgan fingerprint density at radius 1 is 1.52 bits per heavy atom. The first kappa shape index (κ1) is 15.2. The van der Waals surface area contributed by atoms with E-state index in [4.69, 9.17) is 5.26 Å². The van der Waals surface area contributed by atoms with Crippen LogP contribution in [0.5, 0.6) is 0 Å². The molecule has 1 aromatic rings. The average molecular weight is 289 g/mol. The highest BCUT2D eigenvalue weighted by Crippen LogP contribution is 2.18. The highest BCUT2D eigenvalue weighted by molar-refractivity contribution is 5.50. The highest BCUT2D eigenvalue weighted by atomic mass is 16.6. The third-order valence-corrected chi connectivity index (χ3v) is 3.79. The maximum absolute atomic E-state index is 10.7. The number of hydrogen-bond donors (Lipinski definition) is 1. The number of nitrogens with zero attached hydrogens (tertiary/aromatic N) is 4. The molecule has 1 N–H and O–H groups in total. The van der Waals surface area contributed by atoms with E-state index in [1.165, 1.54) is 25.0 Å². The van der Waals surface area contributed by atoms with Gasteiger partial charge in [-0.1, -0.05) is 6.92 Å². The van der Waals surface area contributed by atoms with Crippen LogP contribution in [0.2, 0.25) is 0 Å². The predicted molar refractivity (Wildman–Crippen MR) is 78.9 cm³/mol. The normalized spacial score (nSPS) is 16.4. The fraction of sp³-hybridized carbons (Fsp3) is 0.571. The molecule has 21 heavy (non-hydrogen) atoms. The number of hydrogen-bond acceptors (Lipinski definition) is 6. The van der Waals surface area contributed by atoms with Crippen LogP contribution in [0, 0.1) is 27.4 Å². The summed E-state index contributed by atoms with van der Waals surface area (Å²) >= 11 is 0. The number of nitrogens with one attached hydrogen (secondary N) is 1. The maximum atomic E-state index is 10.7. The van der Waals surface area contributed by atoms with Gasteiger partial charge in [0.15, 0.2) is 0 Å². The van der Waals surface area contributed by atoms with Crippen LogP contribution in [0.4, 0.5) is 11.5 Å². The third-order valence-electron chi connectivity index (χ3n) is 3.79. The Balaban J connectivity index is 1.86. The van der Waals surface area contributed by atoms with Crippen LogP contribution in [0.25, 0.3) is 0 Å². The summed E-state index contributed by atoms with van der Waals surface area (Å²) in [5.41, 5.74) is -0.412. The Labute approximate surface area is 123 Å². The maximum Gasteiger partial charge on any atom is 0.305 e. The molecule has 0 unspecified atom stereocenters. The molecule has 1 aromatic heterocycles. The Morgan fingerprint density at radius 3 is 2.86 bits per heavy atom. The van der Waals surface area contributed by atoms with E-state index in [0.29, 0.717) is 12.4 Å². The lowest BCUT2D eigenvalue weighted by atomic mass is 9.99. The summed E-state index contributed by atoms with van der Waals surface area (Å²) in [5, 5.41) is 22.7. The molecule has 0 aliphatic carbocycles. The summed E-state index contributed by atoms with van der Waals surface area (Å²) in [6.45, 7) is 6.12. The van der Waals surface area contributed by atoms with E-state index < -0.39 is 4.92 Å². The molecule has 0 aromatic carbocycles. The smallest absolute Gasteiger partial charge is 0.305 e. The minimum Gasteiger partial charge on any atom is -0.369 e. The Hall–Kier alpha value is -2.20. The molecule has 7 heteroatoms. The number of aromatic nitrogens is 1. The van der Waals surface area contributed by atoms with Gasteiger partial charge < -0.3 is 10.2 Å². The van der Waals surface area contributed by atoms with Crippen molar-refractivity contribution in [3.8, 4) is 6.07 Å². The quantitative estimate of drug-likeness (QED) is 0.658. The summed E-state index contributed by atoms with van der Waals surface area (Å²) < 4.78 is 0. The van der Waals surface area contributed by atoms with E-state index in [1.807, 2.05) is 0 Å². The van der Waals surface area contributed by atoms with Crippen LogP contribution in [0.15, 0.2) is 12.1 Å².